The highest BCUT2D eigenvalue weighted by Crippen LogP contribution is 2.24. The Hall–Kier alpha value is -2.74. The molecule has 8 heteroatoms. The van der Waals surface area contributed by atoms with E-state index in [-0.39, 0.29) is 0 Å². The van der Waals surface area contributed by atoms with E-state index in [1.54, 1.807) is 11.3 Å². The van der Waals surface area contributed by atoms with E-state index in [9.17, 15) is 0 Å². The Labute approximate surface area is 155 Å². The number of hydrogen-bond acceptors (Lipinski definition) is 7. The summed E-state index contributed by atoms with van der Waals surface area (Å²) in [5.74, 6) is 2.73. The Morgan fingerprint density at radius 3 is 2.88 bits per heavy atom. The quantitative estimate of drug-likeness (QED) is 0.555. The Kier molecular flexibility index (Phi) is 4.42. The van der Waals surface area contributed by atoms with Crippen LogP contribution in [0.4, 0.5) is 5.82 Å². The number of nitrogens with zero attached hydrogens (tertiary/aromatic N) is 5. The normalized spacial score (nSPS) is 11.5. The van der Waals surface area contributed by atoms with Gasteiger partial charge < -0.3 is 14.4 Å². The molecule has 4 heterocycles. The van der Waals surface area contributed by atoms with E-state index in [1.165, 1.54) is 0 Å². The van der Waals surface area contributed by atoms with E-state index in [0.717, 1.165) is 39.8 Å². The van der Waals surface area contributed by atoms with Crippen LogP contribution in [0.15, 0.2) is 33.7 Å². The minimum atomic E-state index is 0.319. The fourth-order valence-electron chi connectivity index (χ4n) is 2.83. The number of aryl methyl sites for hydroxylation is 1. The third kappa shape index (κ3) is 3.32. The zero-order chi connectivity index (χ0) is 18.1. The Morgan fingerprint density at radius 2 is 2.15 bits per heavy atom. The van der Waals surface area contributed by atoms with E-state index in [0.29, 0.717) is 19.0 Å². The third-order valence-corrected chi connectivity index (χ3v) is 4.76. The van der Waals surface area contributed by atoms with Crippen molar-refractivity contribution in [2.45, 2.75) is 39.8 Å². The van der Waals surface area contributed by atoms with Crippen LogP contribution in [0.2, 0.25) is 0 Å². The van der Waals surface area contributed by atoms with Crippen molar-refractivity contribution >= 4 is 28.2 Å². The zero-order valence-corrected chi connectivity index (χ0v) is 15.7. The van der Waals surface area contributed by atoms with Gasteiger partial charge in [0.2, 0.25) is 0 Å². The second-order valence-electron chi connectivity index (χ2n) is 6.51. The van der Waals surface area contributed by atoms with E-state index in [1.807, 2.05) is 30.8 Å². The Morgan fingerprint density at radius 1 is 1.27 bits per heavy atom. The van der Waals surface area contributed by atoms with Gasteiger partial charge >= 0.3 is 0 Å². The second-order valence-corrected chi connectivity index (χ2v) is 7.22. The highest BCUT2D eigenvalue weighted by Gasteiger charge is 2.13. The molecule has 134 valence electrons. The first-order chi connectivity index (χ1) is 12.6. The molecule has 0 aliphatic rings. The molecule has 7 nitrogen and oxygen atoms in total. The molecule has 0 aromatic carbocycles. The molecule has 26 heavy (non-hydrogen) atoms. The van der Waals surface area contributed by atoms with Crippen LogP contribution < -0.4 is 5.32 Å². The van der Waals surface area contributed by atoms with Gasteiger partial charge in [-0.1, -0.05) is 19.0 Å². The largest absolute Gasteiger partial charge is 0.362 e. The van der Waals surface area contributed by atoms with Gasteiger partial charge in [0, 0.05) is 23.6 Å². The van der Waals surface area contributed by atoms with Crippen molar-refractivity contribution in [1.82, 2.24) is 24.7 Å². The first kappa shape index (κ1) is 16.7. The van der Waals surface area contributed by atoms with Crippen LogP contribution in [0.5, 0.6) is 0 Å². The molecule has 4 rings (SSSR count). The van der Waals surface area contributed by atoms with E-state index in [2.05, 4.69) is 49.2 Å². The Balaban J connectivity index is 1.63. The molecular formula is C18H20N6OS. The lowest BCUT2D eigenvalue weighted by molar-refractivity contribution is 0.366. The van der Waals surface area contributed by atoms with Crippen molar-refractivity contribution in [3.05, 3.63) is 52.2 Å². The molecule has 4 aromatic rings. The summed E-state index contributed by atoms with van der Waals surface area (Å²) >= 11 is 1.60. The highest BCUT2D eigenvalue weighted by molar-refractivity contribution is 7.07. The molecule has 4 aromatic heterocycles. The fraction of sp³-hybridized carbons (Fsp3) is 0.333. The zero-order valence-electron chi connectivity index (χ0n) is 14.9. The van der Waals surface area contributed by atoms with Crippen LogP contribution in [-0.4, -0.2) is 24.7 Å². The van der Waals surface area contributed by atoms with Crippen LogP contribution in [0.1, 0.15) is 42.7 Å². The van der Waals surface area contributed by atoms with Crippen molar-refractivity contribution in [3.63, 3.8) is 0 Å². The van der Waals surface area contributed by atoms with Crippen molar-refractivity contribution in [3.8, 4) is 0 Å². The van der Waals surface area contributed by atoms with Gasteiger partial charge in [-0.25, -0.2) is 15.0 Å². The molecule has 0 spiro atoms. The maximum atomic E-state index is 5.37. The average Bonchev–Trinajstić information content (AvgIpc) is 3.34. The molecule has 0 fully saturated rings. The number of aromatic nitrogens is 5. The summed E-state index contributed by atoms with van der Waals surface area (Å²) in [7, 11) is 0. The fourth-order valence-corrected chi connectivity index (χ4v) is 3.38. The maximum Gasteiger partial charge on any atom is 0.154 e. The minimum Gasteiger partial charge on any atom is -0.362 e. The molecule has 0 aliphatic heterocycles. The maximum absolute atomic E-state index is 5.37. The SMILES string of the molecule is Cc1nc(NCc2cc(C(C)C)on2)c2c(ccn2Cc2cscn2)n1. The molecular weight excluding hydrogens is 348 g/mol. The Bertz CT molecular complexity index is 1020. The smallest absolute Gasteiger partial charge is 0.154 e. The van der Waals surface area contributed by atoms with E-state index < -0.39 is 0 Å². The summed E-state index contributed by atoms with van der Waals surface area (Å²) in [6.45, 7) is 7.30. The summed E-state index contributed by atoms with van der Waals surface area (Å²) in [6.07, 6.45) is 2.02. The summed E-state index contributed by atoms with van der Waals surface area (Å²) in [6, 6.07) is 3.99. The number of rotatable bonds is 6. The van der Waals surface area contributed by atoms with Gasteiger partial charge in [-0.3, -0.25) is 0 Å². The molecule has 0 unspecified atom stereocenters. The van der Waals surface area contributed by atoms with Gasteiger partial charge in [-0.05, 0) is 13.0 Å². The molecule has 0 aliphatic carbocycles. The van der Waals surface area contributed by atoms with Crippen LogP contribution in [0, 0.1) is 6.92 Å². The van der Waals surface area contributed by atoms with Gasteiger partial charge in [0.1, 0.15) is 22.8 Å². The van der Waals surface area contributed by atoms with Crippen LogP contribution in [-0.2, 0) is 13.1 Å². The number of anilines is 1. The second kappa shape index (κ2) is 6.87. The van der Waals surface area contributed by atoms with E-state index in [4.69, 9.17) is 4.52 Å². The van der Waals surface area contributed by atoms with Gasteiger partial charge in [-0.2, -0.15) is 0 Å². The van der Waals surface area contributed by atoms with Gasteiger partial charge in [0.15, 0.2) is 5.82 Å². The van der Waals surface area contributed by atoms with Crippen molar-refractivity contribution < 1.29 is 4.52 Å². The lowest BCUT2D eigenvalue weighted by Gasteiger charge is -2.10. The topological polar surface area (TPSA) is 81.7 Å². The molecule has 0 radical (unpaired) electrons. The van der Waals surface area contributed by atoms with Gasteiger partial charge in [-0.15, -0.1) is 11.3 Å². The van der Waals surface area contributed by atoms with Gasteiger partial charge in [0.25, 0.3) is 0 Å². The number of hydrogen-bond donors (Lipinski definition) is 1. The monoisotopic (exact) mass is 368 g/mol. The van der Waals surface area contributed by atoms with Crippen molar-refractivity contribution in [2.24, 2.45) is 0 Å². The number of fused-ring (bicyclic) bond motifs is 1. The summed E-state index contributed by atoms with van der Waals surface area (Å²) in [4.78, 5) is 13.5. The molecule has 0 bridgehead atoms. The minimum absolute atomic E-state index is 0.319. The van der Waals surface area contributed by atoms with Gasteiger partial charge in [0.05, 0.1) is 29.8 Å². The van der Waals surface area contributed by atoms with E-state index >= 15 is 0 Å². The lowest BCUT2D eigenvalue weighted by atomic mass is 10.1. The average molecular weight is 368 g/mol. The third-order valence-electron chi connectivity index (χ3n) is 4.12. The summed E-state index contributed by atoms with van der Waals surface area (Å²) in [5.41, 5.74) is 5.61. The standard InChI is InChI=1S/C18H20N6OS/c1-11(2)16-6-13(23-25-16)7-19-18-17-15(21-12(3)22-18)4-5-24(17)8-14-9-26-10-20-14/h4-6,9-11H,7-8H2,1-3H3,(H,19,21,22). The van der Waals surface area contributed by atoms with Crippen LogP contribution in [0.25, 0.3) is 11.0 Å². The molecule has 1 N–H and O–H groups in total. The predicted octanol–water partition coefficient (Wildman–Crippen LogP) is 3.97. The molecule has 0 atom stereocenters. The van der Waals surface area contributed by atoms with Crippen molar-refractivity contribution in [1.29, 1.82) is 0 Å². The number of nitrogens with one attached hydrogen (secondary N) is 1. The summed E-state index contributed by atoms with van der Waals surface area (Å²) in [5, 5.41) is 9.57. The first-order valence-electron chi connectivity index (χ1n) is 8.50. The molecule has 0 saturated carbocycles. The summed E-state index contributed by atoms with van der Waals surface area (Å²) < 4.78 is 7.49. The predicted molar refractivity (Wildman–Crippen MR) is 101 cm³/mol. The number of thiazole rings is 1. The first-order valence-corrected chi connectivity index (χ1v) is 9.44. The molecule has 0 amide bonds. The lowest BCUT2D eigenvalue weighted by Crippen LogP contribution is -2.07. The molecule has 0 saturated heterocycles. The van der Waals surface area contributed by atoms with Crippen LogP contribution >= 0.6 is 11.3 Å². The highest BCUT2D eigenvalue weighted by atomic mass is 32.1. The van der Waals surface area contributed by atoms with Crippen molar-refractivity contribution in [2.75, 3.05) is 5.32 Å². The van der Waals surface area contributed by atoms with Crippen LogP contribution in [0.3, 0.4) is 0 Å².